The van der Waals surface area contributed by atoms with Crippen LogP contribution in [-0.2, 0) is 6.54 Å². The number of hydrogen-bond donors (Lipinski definition) is 1. The average molecular weight is 254 g/mol. The summed E-state index contributed by atoms with van der Waals surface area (Å²) in [5.41, 5.74) is 2.65. The lowest BCUT2D eigenvalue weighted by Gasteiger charge is -2.22. The summed E-state index contributed by atoms with van der Waals surface area (Å²) in [6.07, 6.45) is 3.73. The molecule has 1 heterocycles. The normalized spacial score (nSPS) is 12.6. The predicted molar refractivity (Wildman–Crippen MR) is 80.0 cm³/mol. The van der Waals surface area contributed by atoms with E-state index in [0.29, 0.717) is 11.8 Å². The van der Waals surface area contributed by atoms with E-state index in [2.05, 4.69) is 60.5 Å². The number of rotatable bonds is 6. The van der Waals surface area contributed by atoms with Crippen molar-refractivity contribution in [3.8, 4) is 0 Å². The van der Waals surface area contributed by atoms with Gasteiger partial charge < -0.3 is 5.32 Å². The molecule has 2 nitrogen and oxygen atoms in total. The van der Waals surface area contributed by atoms with Gasteiger partial charge in [0.1, 0.15) is 0 Å². The maximum absolute atomic E-state index is 4.14. The quantitative estimate of drug-likeness (QED) is 0.851. The van der Waals surface area contributed by atoms with Crippen LogP contribution in [0, 0.1) is 5.92 Å². The molecule has 19 heavy (non-hydrogen) atoms. The monoisotopic (exact) mass is 254 g/mol. The molecule has 0 bridgehead atoms. The minimum atomic E-state index is 0.554. The molecule has 1 aromatic carbocycles. The van der Waals surface area contributed by atoms with E-state index in [0.717, 1.165) is 13.1 Å². The largest absolute Gasteiger partial charge is 0.312 e. The lowest BCUT2D eigenvalue weighted by atomic mass is 9.88. The highest BCUT2D eigenvalue weighted by molar-refractivity contribution is 5.20. The van der Waals surface area contributed by atoms with Crippen LogP contribution in [-0.4, -0.2) is 11.5 Å². The van der Waals surface area contributed by atoms with Gasteiger partial charge in [-0.3, -0.25) is 4.98 Å². The molecule has 2 aromatic rings. The van der Waals surface area contributed by atoms with Gasteiger partial charge in [-0.25, -0.2) is 0 Å². The molecule has 0 radical (unpaired) electrons. The van der Waals surface area contributed by atoms with Gasteiger partial charge in [0.15, 0.2) is 0 Å². The van der Waals surface area contributed by atoms with Crippen molar-refractivity contribution in [2.75, 3.05) is 6.54 Å². The van der Waals surface area contributed by atoms with Gasteiger partial charge in [-0.15, -0.1) is 0 Å². The van der Waals surface area contributed by atoms with Gasteiger partial charge in [0.05, 0.1) is 0 Å². The van der Waals surface area contributed by atoms with E-state index in [-0.39, 0.29) is 0 Å². The second-order valence-corrected chi connectivity index (χ2v) is 5.25. The van der Waals surface area contributed by atoms with Crippen LogP contribution in [0.1, 0.15) is 30.9 Å². The van der Waals surface area contributed by atoms with E-state index < -0.39 is 0 Å². The van der Waals surface area contributed by atoms with Gasteiger partial charge in [-0.05, 0) is 29.0 Å². The maximum atomic E-state index is 4.14. The lowest BCUT2D eigenvalue weighted by molar-refractivity contribution is 0.461. The van der Waals surface area contributed by atoms with Crippen molar-refractivity contribution in [1.82, 2.24) is 10.3 Å². The zero-order valence-electron chi connectivity index (χ0n) is 11.7. The van der Waals surface area contributed by atoms with Crippen LogP contribution in [0.4, 0.5) is 0 Å². The van der Waals surface area contributed by atoms with Gasteiger partial charge in [0.25, 0.3) is 0 Å². The fourth-order valence-electron chi connectivity index (χ4n) is 2.31. The Bertz CT molecular complexity index is 465. The number of nitrogens with zero attached hydrogens (tertiary/aromatic N) is 1. The third-order valence-electron chi connectivity index (χ3n) is 3.45. The maximum Gasteiger partial charge on any atom is 0.0312 e. The summed E-state index contributed by atoms with van der Waals surface area (Å²) in [4.78, 5) is 4.14. The molecule has 1 atom stereocenters. The van der Waals surface area contributed by atoms with E-state index in [1.807, 2.05) is 18.5 Å². The summed E-state index contributed by atoms with van der Waals surface area (Å²) in [6.45, 7) is 6.44. The molecule has 0 aliphatic carbocycles. The molecule has 0 aliphatic heterocycles. The molecular weight excluding hydrogens is 232 g/mol. The summed E-state index contributed by atoms with van der Waals surface area (Å²) in [6, 6.07) is 14.8. The van der Waals surface area contributed by atoms with E-state index in [1.165, 1.54) is 11.1 Å². The average Bonchev–Trinajstić information content (AvgIpc) is 2.45. The first-order valence-corrected chi connectivity index (χ1v) is 6.92. The molecular formula is C17H22N2. The van der Waals surface area contributed by atoms with Gasteiger partial charge in [0, 0.05) is 25.5 Å². The van der Waals surface area contributed by atoms with Crippen molar-refractivity contribution in [3.63, 3.8) is 0 Å². The van der Waals surface area contributed by atoms with Crippen LogP contribution in [0.3, 0.4) is 0 Å². The SMILES string of the molecule is CC(C)C(CNCc1cccnc1)c1ccccc1. The molecule has 1 aromatic heterocycles. The highest BCUT2D eigenvalue weighted by Gasteiger charge is 2.14. The molecule has 1 unspecified atom stereocenters. The molecule has 0 spiro atoms. The highest BCUT2D eigenvalue weighted by atomic mass is 14.9. The van der Waals surface area contributed by atoms with Crippen LogP contribution < -0.4 is 5.32 Å². The summed E-state index contributed by atoms with van der Waals surface area (Å²) < 4.78 is 0. The Balaban J connectivity index is 1.92. The Morgan fingerprint density at radius 3 is 2.47 bits per heavy atom. The van der Waals surface area contributed by atoms with Gasteiger partial charge in [-0.1, -0.05) is 50.2 Å². The van der Waals surface area contributed by atoms with Crippen LogP contribution in [0.25, 0.3) is 0 Å². The zero-order valence-corrected chi connectivity index (χ0v) is 11.7. The van der Waals surface area contributed by atoms with Gasteiger partial charge in [-0.2, -0.15) is 0 Å². The van der Waals surface area contributed by atoms with Crippen LogP contribution >= 0.6 is 0 Å². The van der Waals surface area contributed by atoms with Crippen molar-refractivity contribution in [2.24, 2.45) is 5.92 Å². The molecule has 1 N–H and O–H groups in total. The Kier molecular flexibility index (Phi) is 5.10. The van der Waals surface area contributed by atoms with E-state index in [1.54, 1.807) is 0 Å². The van der Waals surface area contributed by atoms with Crippen molar-refractivity contribution in [2.45, 2.75) is 26.3 Å². The molecule has 2 heteroatoms. The Morgan fingerprint density at radius 1 is 1.05 bits per heavy atom. The second kappa shape index (κ2) is 7.05. The molecule has 2 rings (SSSR count). The topological polar surface area (TPSA) is 24.9 Å². The minimum Gasteiger partial charge on any atom is -0.312 e. The van der Waals surface area contributed by atoms with Crippen molar-refractivity contribution in [1.29, 1.82) is 0 Å². The number of hydrogen-bond acceptors (Lipinski definition) is 2. The Hall–Kier alpha value is -1.67. The Morgan fingerprint density at radius 2 is 1.84 bits per heavy atom. The highest BCUT2D eigenvalue weighted by Crippen LogP contribution is 2.23. The molecule has 0 amide bonds. The molecule has 100 valence electrons. The lowest BCUT2D eigenvalue weighted by Crippen LogP contribution is -2.24. The van der Waals surface area contributed by atoms with E-state index in [9.17, 15) is 0 Å². The predicted octanol–water partition coefficient (Wildman–Crippen LogP) is 3.61. The number of pyridine rings is 1. The molecule has 0 aliphatic rings. The minimum absolute atomic E-state index is 0.554. The number of nitrogens with one attached hydrogen (secondary N) is 1. The zero-order chi connectivity index (χ0) is 13.5. The van der Waals surface area contributed by atoms with Gasteiger partial charge >= 0.3 is 0 Å². The first kappa shape index (κ1) is 13.8. The molecule has 0 saturated heterocycles. The summed E-state index contributed by atoms with van der Waals surface area (Å²) in [5.74, 6) is 1.18. The first-order valence-electron chi connectivity index (χ1n) is 6.92. The first-order chi connectivity index (χ1) is 9.27. The standard InChI is InChI=1S/C17H22N2/c1-14(2)17(16-8-4-3-5-9-16)13-19-12-15-7-6-10-18-11-15/h3-11,14,17,19H,12-13H2,1-2H3. The second-order valence-electron chi connectivity index (χ2n) is 5.25. The summed E-state index contributed by atoms with van der Waals surface area (Å²) in [7, 11) is 0. The fourth-order valence-corrected chi connectivity index (χ4v) is 2.31. The van der Waals surface area contributed by atoms with Crippen molar-refractivity contribution >= 4 is 0 Å². The summed E-state index contributed by atoms with van der Waals surface area (Å²) >= 11 is 0. The fraction of sp³-hybridized carbons (Fsp3) is 0.353. The third kappa shape index (κ3) is 4.18. The van der Waals surface area contributed by atoms with Crippen molar-refractivity contribution in [3.05, 3.63) is 66.0 Å². The smallest absolute Gasteiger partial charge is 0.0312 e. The molecule has 0 fully saturated rings. The van der Waals surface area contributed by atoms with Crippen LogP contribution in [0.2, 0.25) is 0 Å². The summed E-state index contributed by atoms with van der Waals surface area (Å²) in [5, 5.41) is 3.54. The van der Waals surface area contributed by atoms with E-state index >= 15 is 0 Å². The van der Waals surface area contributed by atoms with Crippen LogP contribution in [0.5, 0.6) is 0 Å². The third-order valence-corrected chi connectivity index (χ3v) is 3.45. The number of benzene rings is 1. The van der Waals surface area contributed by atoms with Crippen LogP contribution in [0.15, 0.2) is 54.9 Å². The molecule has 0 saturated carbocycles. The number of aromatic nitrogens is 1. The van der Waals surface area contributed by atoms with E-state index in [4.69, 9.17) is 0 Å². The van der Waals surface area contributed by atoms with Crippen molar-refractivity contribution < 1.29 is 0 Å². The Labute approximate surface area is 115 Å². The van der Waals surface area contributed by atoms with Gasteiger partial charge in [0.2, 0.25) is 0 Å².